The van der Waals surface area contributed by atoms with Gasteiger partial charge in [0, 0.05) is 25.5 Å². The summed E-state index contributed by atoms with van der Waals surface area (Å²) in [6, 6.07) is 0. The minimum Gasteiger partial charge on any atom is -0.278 e. The van der Waals surface area contributed by atoms with E-state index in [0.717, 1.165) is 36.1 Å². The van der Waals surface area contributed by atoms with E-state index in [1.807, 2.05) is 13.1 Å². The number of carbonyl (C=O) groups excluding carboxylic acids is 1. The maximum Gasteiger partial charge on any atom is 0.223 e. The van der Waals surface area contributed by atoms with Crippen LogP contribution >= 0.6 is 12.6 Å². The number of thiol groups is 1. The molecular formula is C20H31N5O3S2. The van der Waals surface area contributed by atoms with Crippen molar-refractivity contribution in [3.05, 3.63) is 23.8 Å². The number of carbonyl (C=O) groups is 1. The number of nitrogens with zero attached hydrogens (tertiary/aromatic N) is 5. The number of nitriles is 1. The van der Waals surface area contributed by atoms with Crippen molar-refractivity contribution in [1.82, 2.24) is 19.2 Å². The van der Waals surface area contributed by atoms with Crippen LogP contribution in [0.25, 0.3) is 0 Å². The predicted octanol–water partition coefficient (Wildman–Crippen LogP) is 2.69. The molecule has 166 valence electrons. The SMILES string of the molecule is CCCC1CCN(S(=O)(=O)C[C@](C)(C[C@H](S)c2ncc(C)cn2)N(C#N)C=O)CC1. The van der Waals surface area contributed by atoms with Gasteiger partial charge in [0.05, 0.1) is 16.5 Å². The van der Waals surface area contributed by atoms with E-state index in [0.29, 0.717) is 31.2 Å². The van der Waals surface area contributed by atoms with Crippen LogP contribution in [-0.2, 0) is 14.8 Å². The van der Waals surface area contributed by atoms with E-state index in [1.54, 1.807) is 19.3 Å². The summed E-state index contributed by atoms with van der Waals surface area (Å²) in [5, 5.41) is 8.93. The van der Waals surface area contributed by atoms with Gasteiger partial charge in [-0.3, -0.25) is 4.79 Å². The average Bonchev–Trinajstić information content (AvgIpc) is 2.69. The van der Waals surface area contributed by atoms with Crippen LogP contribution in [0, 0.1) is 24.3 Å². The van der Waals surface area contributed by atoms with Gasteiger partial charge >= 0.3 is 0 Å². The second kappa shape index (κ2) is 10.6. The number of rotatable bonds is 10. The van der Waals surface area contributed by atoms with Gasteiger partial charge in [-0.15, -0.1) is 0 Å². The van der Waals surface area contributed by atoms with E-state index in [4.69, 9.17) is 0 Å². The molecule has 0 aliphatic carbocycles. The first-order chi connectivity index (χ1) is 14.1. The van der Waals surface area contributed by atoms with Crippen LogP contribution in [0.1, 0.15) is 62.6 Å². The van der Waals surface area contributed by atoms with Gasteiger partial charge in [0.2, 0.25) is 16.4 Å². The van der Waals surface area contributed by atoms with E-state index in [2.05, 4.69) is 29.5 Å². The lowest BCUT2D eigenvalue weighted by atomic mass is 9.94. The Hall–Kier alpha value is -1.70. The zero-order valence-electron chi connectivity index (χ0n) is 17.9. The molecule has 10 heteroatoms. The number of aryl methyl sites for hydroxylation is 1. The molecule has 2 heterocycles. The lowest BCUT2D eigenvalue weighted by Gasteiger charge is -2.38. The lowest BCUT2D eigenvalue weighted by Crippen LogP contribution is -2.52. The highest BCUT2D eigenvalue weighted by atomic mass is 32.2. The van der Waals surface area contributed by atoms with Crippen molar-refractivity contribution < 1.29 is 13.2 Å². The molecule has 30 heavy (non-hydrogen) atoms. The molecule has 2 rings (SSSR count). The fourth-order valence-electron chi connectivity index (χ4n) is 3.95. The Morgan fingerprint density at radius 3 is 2.50 bits per heavy atom. The lowest BCUT2D eigenvalue weighted by molar-refractivity contribution is -0.119. The highest BCUT2D eigenvalue weighted by Crippen LogP contribution is 2.33. The van der Waals surface area contributed by atoms with Crippen LogP contribution < -0.4 is 0 Å². The molecule has 1 aliphatic heterocycles. The molecule has 0 bridgehead atoms. The monoisotopic (exact) mass is 453 g/mol. The quantitative estimate of drug-likeness (QED) is 0.253. The summed E-state index contributed by atoms with van der Waals surface area (Å²) in [5.74, 6) is 0.629. The van der Waals surface area contributed by atoms with E-state index in [-0.39, 0.29) is 12.2 Å². The second-order valence-corrected chi connectivity index (χ2v) is 10.9. The Morgan fingerprint density at radius 2 is 2.00 bits per heavy atom. The fraction of sp³-hybridized carbons (Fsp3) is 0.700. The minimum atomic E-state index is -3.67. The van der Waals surface area contributed by atoms with Crippen molar-refractivity contribution >= 4 is 29.1 Å². The third kappa shape index (κ3) is 6.15. The maximum absolute atomic E-state index is 13.2. The Balaban J connectivity index is 2.20. The number of sulfonamides is 1. The zero-order chi connectivity index (χ0) is 22.4. The molecule has 1 saturated heterocycles. The summed E-state index contributed by atoms with van der Waals surface area (Å²) in [7, 11) is -3.67. The van der Waals surface area contributed by atoms with Gasteiger partial charge in [0.1, 0.15) is 5.82 Å². The van der Waals surface area contributed by atoms with Crippen molar-refractivity contribution in [3.63, 3.8) is 0 Å². The van der Waals surface area contributed by atoms with Crippen molar-refractivity contribution in [1.29, 1.82) is 5.26 Å². The summed E-state index contributed by atoms with van der Waals surface area (Å²) in [5.41, 5.74) is -0.376. The molecule has 8 nitrogen and oxygen atoms in total. The summed E-state index contributed by atoms with van der Waals surface area (Å²) in [6.45, 7) is 6.55. The number of hydrogen-bond acceptors (Lipinski definition) is 7. The number of aromatic nitrogens is 2. The van der Waals surface area contributed by atoms with Crippen LogP contribution in [0.4, 0.5) is 0 Å². The number of hydrogen-bond donors (Lipinski definition) is 1. The Morgan fingerprint density at radius 1 is 1.40 bits per heavy atom. The van der Waals surface area contributed by atoms with Gasteiger partial charge < -0.3 is 0 Å². The molecule has 0 radical (unpaired) electrons. The van der Waals surface area contributed by atoms with Crippen LogP contribution in [0.3, 0.4) is 0 Å². The van der Waals surface area contributed by atoms with E-state index < -0.39 is 20.8 Å². The summed E-state index contributed by atoms with van der Waals surface area (Å²) in [4.78, 5) is 20.9. The Bertz CT molecular complexity index is 848. The van der Waals surface area contributed by atoms with Crippen LogP contribution in [0.2, 0.25) is 0 Å². The highest BCUT2D eigenvalue weighted by Gasteiger charge is 2.41. The Kier molecular flexibility index (Phi) is 8.64. The first-order valence-electron chi connectivity index (χ1n) is 10.2. The molecule has 0 N–H and O–H groups in total. The van der Waals surface area contributed by atoms with Crippen LogP contribution in [0.15, 0.2) is 12.4 Å². The van der Waals surface area contributed by atoms with Crippen molar-refractivity contribution in [2.24, 2.45) is 5.92 Å². The van der Waals surface area contributed by atoms with Crippen molar-refractivity contribution in [3.8, 4) is 6.19 Å². The molecule has 0 aromatic carbocycles. The van der Waals surface area contributed by atoms with Crippen molar-refractivity contribution in [2.75, 3.05) is 18.8 Å². The molecule has 1 aliphatic rings. The summed E-state index contributed by atoms with van der Waals surface area (Å²) < 4.78 is 27.9. The smallest absolute Gasteiger partial charge is 0.223 e. The van der Waals surface area contributed by atoms with Gasteiger partial charge in [-0.05, 0) is 44.6 Å². The van der Waals surface area contributed by atoms with Gasteiger partial charge in [0.25, 0.3) is 0 Å². The fourth-order valence-corrected chi connectivity index (χ4v) is 6.47. The van der Waals surface area contributed by atoms with Gasteiger partial charge in [-0.1, -0.05) is 19.8 Å². The highest BCUT2D eigenvalue weighted by molar-refractivity contribution is 7.89. The summed E-state index contributed by atoms with van der Waals surface area (Å²) >= 11 is 4.55. The minimum absolute atomic E-state index is 0.122. The molecule has 1 aromatic rings. The van der Waals surface area contributed by atoms with Crippen LogP contribution in [0.5, 0.6) is 0 Å². The normalized spacial score (nSPS) is 18.9. The first kappa shape index (κ1) is 24.6. The molecule has 0 saturated carbocycles. The predicted molar refractivity (Wildman–Crippen MR) is 118 cm³/mol. The number of piperidine rings is 1. The van der Waals surface area contributed by atoms with Gasteiger partial charge in [-0.25, -0.2) is 27.6 Å². The third-order valence-electron chi connectivity index (χ3n) is 5.68. The van der Waals surface area contributed by atoms with Crippen molar-refractivity contribution in [2.45, 2.75) is 63.7 Å². The molecule has 1 fully saturated rings. The average molecular weight is 454 g/mol. The molecule has 2 atom stereocenters. The van der Waals surface area contributed by atoms with Gasteiger partial charge in [-0.2, -0.15) is 17.9 Å². The third-order valence-corrected chi connectivity index (χ3v) is 8.24. The van der Waals surface area contributed by atoms with E-state index in [9.17, 15) is 18.5 Å². The maximum atomic E-state index is 13.2. The number of amides is 1. The topological polar surface area (TPSA) is 107 Å². The largest absolute Gasteiger partial charge is 0.278 e. The molecule has 0 spiro atoms. The second-order valence-electron chi connectivity index (χ2n) is 8.30. The molecule has 1 aromatic heterocycles. The standard InChI is InChI=1S/C20H31N5O3S2/c1-4-5-17-6-8-25(9-7-17)30(27,28)13-20(3,24(14-21)15-26)10-18(29)19-22-11-16(2)12-23-19/h11-12,15,17-18,29H,4-10,13H2,1-3H3/t18-,20-/m0/s1. The summed E-state index contributed by atoms with van der Waals surface area (Å²) in [6.07, 6.45) is 9.50. The van der Waals surface area contributed by atoms with E-state index >= 15 is 0 Å². The first-order valence-corrected chi connectivity index (χ1v) is 12.4. The zero-order valence-corrected chi connectivity index (χ0v) is 19.6. The van der Waals surface area contributed by atoms with E-state index in [1.165, 1.54) is 4.31 Å². The van der Waals surface area contributed by atoms with Crippen LogP contribution in [-0.4, -0.2) is 58.4 Å². The molecule has 0 unspecified atom stereocenters. The molecular weight excluding hydrogens is 422 g/mol. The van der Waals surface area contributed by atoms with Gasteiger partial charge in [0.15, 0.2) is 6.19 Å². The molecule has 1 amide bonds. The Labute approximate surface area is 185 Å².